The molecule has 0 saturated carbocycles. The molecule has 2 N–H and O–H groups in total. The summed E-state index contributed by atoms with van der Waals surface area (Å²) >= 11 is 0. The number of aromatic nitrogens is 4. The molecule has 1 aliphatic rings. The van der Waals surface area contributed by atoms with Gasteiger partial charge in [0.15, 0.2) is 11.4 Å². The van der Waals surface area contributed by atoms with E-state index in [0.717, 1.165) is 30.2 Å². The van der Waals surface area contributed by atoms with Gasteiger partial charge in [-0.2, -0.15) is 4.98 Å². The summed E-state index contributed by atoms with van der Waals surface area (Å²) in [5.74, 6) is 2.17. The summed E-state index contributed by atoms with van der Waals surface area (Å²) in [6.45, 7) is 3.78. The van der Waals surface area contributed by atoms with Crippen molar-refractivity contribution < 1.29 is 9.15 Å². The van der Waals surface area contributed by atoms with E-state index in [-0.39, 0.29) is 11.5 Å². The number of hydrogen-bond acceptors (Lipinski definition) is 9. The van der Waals surface area contributed by atoms with Crippen LogP contribution < -0.4 is 20.9 Å². The molecule has 1 aromatic carbocycles. The smallest absolute Gasteiger partial charge is 0.270 e. The number of hydrogen-bond donors (Lipinski definition) is 1. The Morgan fingerprint density at radius 3 is 2.66 bits per heavy atom. The number of nitrogens with zero attached hydrogens (tertiary/aromatic N) is 6. The van der Waals surface area contributed by atoms with E-state index in [1.165, 1.54) is 11.9 Å². The van der Waals surface area contributed by atoms with Gasteiger partial charge in [-0.25, -0.2) is 9.97 Å². The molecule has 0 radical (unpaired) electrons. The quantitative estimate of drug-likeness (QED) is 0.432. The lowest BCUT2D eigenvalue weighted by molar-refractivity contribution is 0.382. The van der Waals surface area contributed by atoms with Gasteiger partial charge in [-0.15, -0.1) is 0 Å². The lowest BCUT2D eigenvalue weighted by Gasteiger charge is -2.20. The van der Waals surface area contributed by atoms with Crippen LogP contribution in [0.3, 0.4) is 0 Å². The highest BCUT2D eigenvalue weighted by Gasteiger charge is 2.19. The van der Waals surface area contributed by atoms with Crippen molar-refractivity contribution >= 4 is 22.8 Å². The van der Waals surface area contributed by atoms with Crippen molar-refractivity contribution in [2.24, 2.45) is 0 Å². The maximum Gasteiger partial charge on any atom is 0.270 e. The lowest BCUT2D eigenvalue weighted by Crippen LogP contribution is -2.28. The van der Waals surface area contributed by atoms with E-state index in [4.69, 9.17) is 14.9 Å². The van der Waals surface area contributed by atoms with Gasteiger partial charge in [-0.05, 0) is 43.3 Å². The molecule has 0 spiro atoms. The molecule has 1 aliphatic heterocycles. The summed E-state index contributed by atoms with van der Waals surface area (Å²) in [6.07, 6.45) is 4.34. The van der Waals surface area contributed by atoms with Crippen LogP contribution in [0.2, 0.25) is 0 Å². The Labute approximate surface area is 202 Å². The van der Waals surface area contributed by atoms with E-state index < -0.39 is 0 Å². The Hall–Kier alpha value is -4.34. The molecule has 5 rings (SSSR count). The summed E-state index contributed by atoms with van der Waals surface area (Å²) in [4.78, 5) is 30.1. The van der Waals surface area contributed by atoms with Crippen LogP contribution in [0.4, 0.5) is 11.6 Å². The maximum absolute atomic E-state index is 12.7. The number of furan rings is 1. The molecule has 4 heterocycles. The first-order valence-electron chi connectivity index (χ1n) is 11.4. The first-order valence-corrected chi connectivity index (χ1v) is 11.4. The van der Waals surface area contributed by atoms with Gasteiger partial charge < -0.3 is 24.7 Å². The number of rotatable bonds is 7. The summed E-state index contributed by atoms with van der Waals surface area (Å²) in [7, 11) is 3.71. The van der Waals surface area contributed by atoms with Gasteiger partial charge in [0.1, 0.15) is 22.7 Å². The fraction of sp³-hybridized carbons (Fsp3) is 0.280. The molecule has 0 amide bonds. The van der Waals surface area contributed by atoms with Crippen LogP contribution >= 0.6 is 0 Å². The summed E-state index contributed by atoms with van der Waals surface area (Å²) in [6, 6.07) is 11.6. The highest BCUT2D eigenvalue weighted by atomic mass is 16.5. The third-order valence-electron chi connectivity index (χ3n) is 6.17. The topological polar surface area (TPSA) is 116 Å². The number of ether oxygens (including phenoxy) is 1. The van der Waals surface area contributed by atoms with Crippen molar-refractivity contribution in [3.8, 4) is 17.2 Å². The van der Waals surface area contributed by atoms with E-state index in [1.54, 1.807) is 11.7 Å². The average molecular weight is 474 g/mol. The molecule has 10 nitrogen and oxygen atoms in total. The third kappa shape index (κ3) is 4.42. The Kier molecular flexibility index (Phi) is 5.86. The second-order valence-corrected chi connectivity index (χ2v) is 8.42. The van der Waals surface area contributed by atoms with E-state index in [2.05, 4.69) is 38.0 Å². The fourth-order valence-corrected chi connectivity index (χ4v) is 4.24. The van der Waals surface area contributed by atoms with Crippen LogP contribution in [0.1, 0.15) is 12.2 Å². The summed E-state index contributed by atoms with van der Waals surface area (Å²) in [5.41, 5.74) is 9.38. The molecule has 180 valence electrons. The van der Waals surface area contributed by atoms with Gasteiger partial charge in [0, 0.05) is 50.7 Å². The molecule has 0 fully saturated rings. The van der Waals surface area contributed by atoms with Gasteiger partial charge >= 0.3 is 0 Å². The van der Waals surface area contributed by atoms with Gasteiger partial charge in [0.2, 0.25) is 5.95 Å². The molecule has 4 aromatic rings. The second-order valence-electron chi connectivity index (χ2n) is 8.42. The number of methoxy groups -OCH3 is 1. The fourth-order valence-electron chi connectivity index (χ4n) is 4.24. The van der Waals surface area contributed by atoms with Crippen LogP contribution in [-0.4, -0.2) is 51.7 Å². The Balaban J connectivity index is 1.38. The molecule has 35 heavy (non-hydrogen) atoms. The molecule has 0 bridgehead atoms. The van der Waals surface area contributed by atoms with Gasteiger partial charge in [0.05, 0.1) is 13.3 Å². The predicted octanol–water partition coefficient (Wildman–Crippen LogP) is 3.03. The normalized spacial score (nSPS) is 13.3. The zero-order valence-electron chi connectivity index (χ0n) is 19.9. The average Bonchev–Trinajstić information content (AvgIpc) is 3.51. The van der Waals surface area contributed by atoms with Crippen molar-refractivity contribution in [3.63, 3.8) is 0 Å². The molecule has 0 aliphatic carbocycles. The van der Waals surface area contributed by atoms with Crippen molar-refractivity contribution in [2.45, 2.75) is 19.9 Å². The molecule has 0 saturated heterocycles. The van der Waals surface area contributed by atoms with Crippen LogP contribution in [0.5, 0.6) is 5.75 Å². The number of aryl methyl sites for hydroxylation is 1. The molecular formula is C25H27N7O3. The number of anilines is 2. The molecule has 3 aromatic heterocycles. The first-order chi connectivity index (χ1) is 16.9. The highest BCUT2D eigenvalue weighted by Crippen LogP contribution is 2.27. The van der Waals surface area contributed by atoms with Crippen molar-refractivity contribution in [2.75, 3.05) is 37.9 Å². The van der Waals surface area contributed by atoms with Crippen LogP contribution in [-0.2, 0) is 6.54 Å². The maximum atomic E-state index is 12.7. The second kappa shape index (κ2) is 9.13. The minimum absolute atomic E-state index is 0.0622. The number of nitrogen functional groups attached to an aromatic ring is 1. The van der Waals surface area contributed by atoms with E-state index in [9.17, 15) is 4.79 Å². The van der Waals surface area contributed by atoms with Gasteiger partial charge in [0.25, 0.3) is 5.56 Å². The Morgan fingerprint density at radius 1 is 1.14 bits per heavy atom. The van der Waals surface area contributed by atoms with E-state index in [1.807, 2.05) is 43.3 Å². The SMILES string of the molecule is COc1ccc(N(C)C2=CN(CCn3c(=O)cnc4c(-c5ccc(C)o5)nc(N)nc43)CC2)cc1. The minimum atomic E-state index is -0.240. The van der Waals surface area contributed by atoms with Crippen molar-refractivity contribution in [1.29, 1.82) is 0 Å². The summed E-state index contributed by atoms with van der Waals surface area (Å²) < 4.78 is 12.6. The minimum Gasteiger partial charge on any atom is -0.497 e. The summed E-state index contributed by atoms with van der Waals surface area (Å²) in [5, 5.41) is 0. The standard InChI is InChI=1S/C25H27N7O3/c1-16-4-9-20(35-16)22-23-24(29-25(26)28-22)32(21(33)14-27-23)13-12-31-11-10-18(15-31)30(2)17-5-7-19(34-3)8-6-17/h4-9,14-15H,10-13H2,1-3H3,(H2,26,28,29). The number of nitrogens with two attached hydrogens (primary N) is 1. The molecule has 0 unspecified atom stereocenters. The van der Waals surface area contributed by atoms with Gasteiger partial charge in [-0.1, -0.05) is 0 Å². The number of fused-ring (bicyclic) bond motifs is 1. The first kappa shape index (κ1) is 22.5. The van der Waals surface area contributed by atoms with E-state index >= 15 is 0 Å². The molecule has 10 heteroatoms. The lowest BCUT2D eigenvalue weighted by atomic mass is 10.2. The Morgan fingerprint density at radius 2 is 1.94 bits per heavy atom. The monoisotopic (exact) mass is 473 g/mol. The third-order valence-corrected chi connectivity index (χ3v) is 6.17. The van der Waals surface area contributed by atoms with Crippen molar-refractivity contribution in [1.82, 2.24) is 24.4 Å². The molecule has 0 atom stereocenters. The van der Waals surface area contributed by atoms with Crippen LogP contribution in [0.25, 0.3) is 22.6 Å². The van der Waals surface area contributed by atoms with E-state index in [0.29, 0.717) is 35.7 Å². The zero-order valence-corrected chi connectivity index (χ0v) is 19.9. The van der Waals surface area contributed by atoms with Crippen molar-refractivity contribution in [3.05, 3.63) is 70.6 Å². The predicted molar refractivity (Wildman–Crippen MR) is 134 cm³/mol. The van der Waals surface area contributed by atoms with Crippen LogP contribution in [0.15, 0.2) is 63.7 Å². The van der Waals surface area contributed by atoms with Crippen LogP contribution in [0, 0.1) is 6.92 Å². The highest BCUT2D eigenvalue weighted by molar-refractivity contribution is 5.86. The molecular weight excluding hydrogens is 446 g/mol. The largest absolute Gasteiger partial charge is 0.497 e. The zero-order chi connectivity index (χ0) is 24.5. The Bertz CT molecular complexity index is 1460. The van der Waals surface area contributed by atoms with Gasteiger partial charge in [-0.3, -0.25) is 9.36 Å². The number of benzene rings is 1.